The predicted molar refractivity (Wildman–Crippen MR) is 112 cm³/mol. The van der Waals surface area contributed by atoms with Crippen LogP contribution in [0.15, 0.2) is 24.7 Å². The fraction of sp³-hybridized carbons (Fsp3) is 0.571. The van der Waals surface area contributed by atoms with Gasteiger partial charge in [0.25, 0.3) is 0 Å². The minimum atomic E-state index is -0.571. The number of carbonyl (C=O) groups excluding carboxylic acids is 1. The first-order valence-electron chi connectivity index (χ1n) is 10.2. The lowest BCUT2D eigenvalue weighted by atomic mass is 9.90. The highest BCUT2D eigenvalue weighted by Gasteiger charge is 2.35. The third-order valence-electron chi connectivity index (χ3n) is 5.04. The number of rotatable bonds is 5. The lowest BCUT2D eigenvalue weighted by Crippen LogP contribution is -2.46. The van der Waals surface area contributed by atoms with Gasteiger partial charge in [0, 0.05) is 30.9 Å². The Labute approximate surface area is 181 Å². The third-order valence-corrected chi connectivity index (χ3v) is 5.22. The summed E-state index contributed by atoms with van der Waals surface area (Å²) in [6, 6.07) is 3.97. The molecule has 1 aliphatic rings. The zero-order valence-electron chi connectivity index (χ0n) is 17.6. The van der Waals surface area contributed by atoms with E-state index in [0.717, 1.165) is 31.2 Å². The van der Waals surface area contributed by atoms with Crippen molar-refractivity contribution in [2.24, 2.45) is 5.92 Å². The van der Waals surface area contributed by atoms with Gasteiger partial charge < -0.3 is 4.74 Å². The van der Waals surface area contributed by atoms with Gasteiger partial charge >= 0.3 is 6.09 Å². The van der Waals surface area contributed by atoms with Crippen LogP contribution in [-0.2, 0) is 4.74 Å². The standard InChI is InChI=1S/C21H27ClN6O2/c1-21(2,3)30-20(29)27-11-8-15(6-4-5-9-23)12-18(27)28-14-16(13-25-28)17-7-10-24-19(22)26-17/h7,10,13-15,18H,4-6,8,11-12H2,1-3H3. The number of aromatic nitrogens is 4. The van der Waals surface area contributed by atoms with Crippen LogP contribution in [-0.4, -0.2) is 42.9 Å². The summed E-state index contributed by atoms with van der Waals surface area (Å²) < 4.78 is 7.43. The van der Waals surface area contributed by atoms with Crippen molar-refractivity contribution in [1.29, 1.82) is 5.26 Å². The summed E-state index contributed by atoms with van der Waals surface area (Å²) in [7, 11) is 0. The van der Waals surface area contributed by atoms with Crippen molar-refractivity contribution < 1.29 is 9.53 Å². The van der Waals surface area contributed by atoms with E-state index in [0.29, 0.717) is 24.6 Å². The van der Waals surface area contributed by atoms with Gasteiger partial charge in [-0.1, -0.05) is 0 Å². The summed E-state index contributed by atoms with van der Waals surface area (Å²) in [5.74, 6) is 0.420. The maximum Gasteiger partial charge on any atom is 0.411 e. The highest BCUT2D eigenvalue weighted by molar-refractivity contribution is 6.28. The molecule has 2 aromatic rings. The second-order valence-corrected chi connectivity index (χ2v) is 8.85. The smallest absolute Gasteiger partial charge is 0.411 e. The number of halogens is 1. The van der Waals surface area contributed by atoms with Crippen molar-refractivity contribution in [3.05, 3.63) is 29.9 Å². The molecule has 0 radical (unpaired) electrons. The third kappa shape index (κ3) is 5.70. The monoisotopic (exact) mass is 430 g/mol. The highest BCUT2D eigenvalue weighted by Crippen LogP contribution is 2.34. The Bertz CT molecular complexity index is 917. The van der Waals surface area contributed by atoms with E-state index in [1.54, 1.807) is 28.0 Å². The SMILES string of the molecule is CC(C)(C)OC(=O)N1CCC(CCCC#N)CC1n1cc(-c2ccnc(Cl)n2)cn1. The number of unbranched alkanes of at least 4 members (excludes halogenated alkanes) is 1. The molecule has 30 heavy (non-hydrogen) atoms. The summed E-state index contributed by atoms with van der Waals surface area (Å²) >= 11 is 5.91. The Morgan fingerprint density at radius 3 is 2.93 bits per heavy atom. The second-order valence-electron chi connectivity index (χ2n) is 8.52. The van der Waals surface area contributed by atoms with E-state index in [2.05, 4.69) is 21.1 Å². The molecule has 2 atom stereocenters. The largest absolute Gasteiger partial charge is 0.444 e. The summed E-state index contributed by atoms with van der Waals surface area (Å²) in [5.41, 5.74) is 0.902. The van der Waals surface area contributed by atoms with Crippen molar-refractivity contribution in [2.45, 2.75) is 64.6 Å². The minimum absolute atomic E-state index is 0.172. The molecule has 8 nitrogen and oxygen atoms in total. The molecule has 160 valence electrons. The minimum Gasteiger partial charge on any atom is -0.444 e. The van der Waals surface area contributed by atoms with Crippen molar-refractivity contribution in [1.82, 2.24) is 24.6 Å². The number of nitriles is 1. The molecular weight excluding hydrogens is 404 g/mol. The van der Waals surface area contributed by atoms with Crippen molar-refractivity contribution in [3.8, 4) is 17.3 Å². The lowest BCUT2D eigenvalue weighted by molar-refractivity contribution is -0.0118. The Balaban J connectivity index is 1.83. The molecule has 0 spiro atoms. The van der Waals surface area contributed by atoms with E-state index >= 15 is 0 Å². The van der Waals surface area contributed by atoms with E-state index in [1.807, 2.05) is 27.0 Å². The number of likely N-dealkylation sites (tertiary alicyclic amines) is 1. The number of ether oxygens (including phenoxy) is 1. The van der Waals surface area contributed by atoms with Gasteiger partial charge in [0.2, 0.25) is 5.28 Å². The second kappa shape index (κ2) is 9.43. The van der Waals surface area contributed by atoms with Crippen LogP contribution >= 0.6 is 11.6 Å². The first-order chi connectivity index (χ1) is 14.3. The summed E-state index contributed by atoms with van der Waals surface area (Å²) in [4.78, 5) is 22.8. The Morgan fingerprint density at radius 1 is 1.43 bits per heavy atom. The first kappa shape index (κ1) is 22.0. The van der Waals surface area contributed by atoms with Crippen LogP contribution in [0.1, 0.15) is 59.0 Å². The van der Waals surface area contributed by atoms with E-state index in [9.17, 15) is 4.79 Å². The molecule has 1 aliphatic heterocycles. The Morgan fingerprint density at radius 2 is 2.23 bits per heavy atom. The first-order valence-corrected chi connectivity index (χ1v) is 10.5. The molecule has 0 aromatic carbocycles. The maximum atomic E-state index is 12.9. The molecule has 0 aliphatic carbocycles. The number of hydrogen-bond donors (Lipinski definition) is 0. The average molecular weight is 431 g/mol. The maximum absolute atomic E-state index is 12.9. The zero-order valence-corrected chi connectivity index (χ0v) is 18.3. The van der Waals surface area contributed by atoms with Crippen molar-refractivity contribution >= 4 is 17.7 Å². The number of carbonyl (C=O) groups is 1. The van der Waals surface area contributed by atoms with Crippen LogP contribution in [0, 0.1) is 17.2 Å². The molecule has 1 saturated heterocycles. The summed E-state index contributed by atoms with van der Waals surface area (Å²) in [6.45, 7) is 6.17. The zero-order chi connectivity index (χ0) is 21.7. The van der Waals surface area contributed by atoms with Crippen molar-refractivity contribution in [3.63, 3.8) is 0 Å². The van der Waals surface area contributed by atoms with Crippen LogP contribution in [0.3, 0.4) is 0 Å². The predicted octanol–water partition coefficient (Wildman–Crippen LogP) is 4.83. The number of hydrogen-bond acceptors (Lipinski definition) is 6. The molecule has 3 heterocycles. The van der Waals surface area contributed by atoms with Gasteiger partial charge in [0.1, 0.15) is 11.8 Å². The van der Waals surface area contributed by atoms with E-state index in [-0.39, 0.29) is 17.5 Å². The van der Waals surface area contributed by atoms with E-state index in [1.165, 1.54) is 0 Å². The molecule has 0 bridgehead atoms. The molecule has 9 heteroatoms. The van der Waals surface area contributed by atoms with Crippen LogP contribution in [0.25, 0.3) is 11.3 Å². The quantitative estimate of drug-likeness (QED) is 0.497. The molecule has 1 fully saturated rings. The molecule has 3 rings (SSSR count). The molecule has 1 amide bonds. The van der Waals surface area contributed by atoms with Gasteiger partial charge in [-0.3, -0.25) is 4.90 Å². The molecular formula is C21H27ClN6O2. The van der Waals surface area contributed by atoms with E-state index in [4.69, 9.17) is 21.6 Å². The van der Waals surface area contributed by atoms with Crippen LogP contribution in [0.2, 0.25) is 5.28 Å². The van der Waals surface area contributed by atoms with Gasteiger partial charge in [0.05, 0.1) is 18.0 Å². The number of amides is 1. The fourth-order valence-corrected chi connectivity index (χ4v) is 3.81. The van der Waals surface area contributed by atoms with E-state index < -0.39 is 5.60 Å². The van der Waals surface area contributed by atoms with Crippen LogP contribution in [0.4, 0.5) is 4.79 Å². The van der Waals surface area contributed by atoms with Crippen LogP contribution in [0.5, 0.6) is 0 Å². The topological polar surface area (TPSA) is 96.9 Å². The summed E-state index contributed by atoms with van der Waals surface area (Å²) in [5, 5.41) is 13.5. The van der Waals surface area contributed by atoms with Crippen molar-refractivity contribution in [2.75, 3.05) is 6.54 Å². The molecule has 2 aromatic heterocycles. The van der Waals surface area contributed by atoms with Gasteiger partial charge in [-0.15, -0.1) is 0 Å². The normalized spacial score (nSPS) is 19.4. The van der Waals surface area contributed by atoms with Gasteiger partial charge in [-0.25, -0.2) is 19.4 Å². The van der Waals surface area contributed by atoms with Crippen LogP contribution < -0.4 is 0 Å². The summed E-state index contributed by atoms with van der Waals surface area (Å²) in [6.07, 6.45) is 8.61. The Hall–Kier alpha value is -2.66. The Kier molecular flexibility index (Phi) is 6.93. The molecule has 0 saturated carbocycles. The lowest BCUT2D eigenvalue weighted by Gasteiger charge is -2.40. The van der Waals surface area contributed by atoms with Gasteiger partial charge in [-0.05, 0) is 70.0 Å². The average Bonchev–Trinajstić information content (AvgIpc) is 3.17. The molecule has 0 N–H and O–H groups in total. The number of piperidine rings is 1. The number of nitrogens with zero attached hydrogens (tertiary/aromatic N) is 6. The molecule has 2 unspecified atom stereocenters. The van der Waals surface area contributed by atoms with Gasteiger partial charge in [0.15, 0.2) is 0 Å². The van der Waals surface area contributed by atoms with Gasteiger partial charge in [-0.2, -0.15) is 10.4 Å². The fourth-order valence-electron chi connectivity index (χ4n) is 3.66. The highest BCUT2D eigenvalue weighted by atomic mass is 35.5.